The number of ether oxygens (including phenoxy) is 3. The van der Waals surface area contributed by atoms with Crippen molar-refractivity contribution in [2.75, 3.05) is 6.61 Å². The first kappa shape index (κ1) is 23.3. The van der Waals surface area contributed by atoms with Gasteiger partial charge < -0.3 is 14.2 Å². The van der Waals surface area contributed by atoms with Crippen LogP contribution in [0.5, 0.6) is 0 Å². The molecule has 1 saturated carbocycles. The van der Waals surface area contributed by atoms with Gasteiger partial charge in [-0.1, -0.05) is 13.3 Å². The monoisotopic (exact) mass is 418 g/mol. The number of amides is 2. The minimum Gasteiger partial charge on any atom is -0.458 e. The molecule has 166 valence electrons. The van der Waals surface area contributed by atoms with Gasteiger partial charge in [0, 0.05) is 0 Å². The summed E-state index contributed by atoms with van der Waals surface area (Å²) in [5.74, 6) is -3.48. The Hall–Kier alpha value is -1.93. The number of imide groups is 1. The molecule has 1 aliphatic heterocycles. The molecule has 2 aliphatic rings. The molecule has 0 aromatic rings. The van der Waals surface area contributed by atoms with Crippen molar-refractivity contribution < 1.29 is 32.6 Å². The Labute approximate surface area is 170 Å². The average molecular weight is 418 g/mol. The van der Waals surface area contributed by atoms with Crippen LogP contribution in [0.25, 0.3) is 0 Å². The van der Waals surface area contributed by atoms with E-state index in [9.17, 15) is 18.4 Å². The Morgan fingerprint density at radius 1 is 1.14 bits per heavy atom. The van der Waals surface area contributed by atoms with Gasteiger partial charge in [0.25, 0.3) is 0 Å². The Morgan fingerprint density at radius 3 is 2.00 bits per heavy atom. The van der Waals surface area contributed by atoms with Crippen molar-refractivity contribution in [3.8, 4) is 0 Å². The summed E-state index contributed by atoms with van der Waals surface area (Å²) < 4.78 is 45.1. The maximum Gasteiger partial charge on any atom is 0.428 e. The average Bonchev–Trinajstić information content (AvgIpc) is 3.28. The van der Waals surface area contributed by atoms with Gasteiger partial charge in [0.15, 0.2) is 6.61 Å². The molecule has 2 rings (SSSR count). The van der Waals surface area contributed by atoms with Crippen molar-refractivity contribution in [1.82, 2.24) is 4.90 Å². The summed E-state index contributed by atoms with van der Waals surface area (Å²) in [5.41, 5.74) is -3.64. The molecule has 0 bridgehead atoms. The van der Waals surface area contributed by atoms with Crippen molar-refractivity contribution in [3.05, 3.63) is 0 Å². The van der Waals surface area contributed by atoms with Gasteiger partial charge in [-0.25, -0.2) is 23.4 Å². The third kappa shape index (κ3) is 5.17. The fraction of sp³-hybridized carbons (Fsp3) is 0.850. The number of halogens is 2. The molecule has 0 aromatic carbocycles. The first-order valence-electron chi connectivity index (χ1n) is 9.87. The van der Waals surface area contributed by atoms with Crippen LogP contribution in [0.4, 0.5) is 18.4 Å². The Bertz CT molecular complexity index is 668. The molecule has 7 nitrogen and oxygen atoms in total. The minimum absolute atomic E-state index is 0.116. The molecule has 1 fully saturated rings. The van der Waals surface area contributed by atoms with E-state index in [2.05, 4.69) is 4.99 Å². The van der Waals surface area contributed by atoms with E-state index in [0.717, 1.165) is 6.42 Å². The summed E-state index contributed by atoms with van der Waals surface area (Å²) in [4.78, 5) is 30.0. The number of nitrogens with zero attached hydrogens (tertiary/aromatic N) is 2. The lowest BCUT2D eigenvalue weighted by Gasteiger charge is -2.40. The van der Waals surface area contributed by atoms with Crippen LogP contribution in [0.2, 0.25) is 0 Å². The molecule has 0 spiro atoms. The molecule has 0 N–H and O–H groups in total. The van der Waals surface area contributed by atoms with Gasteiger partial charge in [-0.05, 0) is 66.7 Å². The summed E-state index contributed by atoms with van der Waals surface area (Å²) in [6.07, 6.45) is -0.830. The second kappa shape index (κ2) is 7.40. The molecule has 0 unspecified atom stereocenters. The molecular formula is C20H32F2N2O5. The number of aliphatic imine (C=N–C) groups is 1. The Balaban J connectivity index is 2.44. The van der Waals surface area contributed by atoms with Crippen LogP contribution < -0.4 is 0 Å². The number of amidine groups is 1. The van der Waals surface area contributed by atoms with Crippen LogP contribution in [-0.4, -0.2) is 52.4 Å². The lowest BCUT2D eigenvalue weighted by atomic mass is 9.86. The summed E-state index contributed by atoms with van der Waals surface area (Å²) in [5, 5.41) is 0. The molecule has 1 aliphatic carbocycles. The van der Waals surface area contributed by atoms with Crippen molar-refractivity contribution in [2.24, 2.45) is 16.8 Å². The zero-order chi connectivity index (χ0) is 22.4. The normalized spacial score (nSPS) is 28.7. The van der Waals surface area contributed by atoms with Gasteiger partial charge in [0.05, 0.1) is 0 Å². The largest absolute Gasteiger partial charge is 0.458 e. The summed E-state index contributed by atoms with van der Waals surface area (Å²) in [6, 6.07) is -0.524. The van der Waals surface area contributed by atoms with Gasteiger partial charge in [-0.3, -0.25) is 0 Å². The molecule has 0 saturated heterocycles. The highest BCUT2D eigenvalue weighted by atomic mass is 19.3. The molecule has 0 aromatic heterocycles. The third-order valence-corrected chi connectivity index (χ3v) is 4.96. The second-order valence-corrected chi connectivity index (χ2v) is 9.84. The van der Waals surface area contributed by atoms with Gasteiger partial charge in [-0.15, -0.1) is 4.90 Å². The van der Waals surface area contributed by atoms with E-state index in [1.807, 2.05) is 6.92 Å². The quantitative estimate of drug-likeness (QED) is 0.632. The zero-order valence-corrected chi connectivity index (χ0v) is 18.5. The number of hydrogen-bond acceptors (Lipinski definition) is 6. The second-order valence-electron chi connectivity index (χ2n) is 9.84. The summed E-state index contributed by atoms with van der Waals surface area (Å²) in [6.45, 7) is 12.0. The summed E-state index contributed by atoms with van der Waals surface area (Å²) >= 11 is 0. The number of carbonyl (C=O) groups excluding carboxylic acids is 2. The van der Waals surface area contributed by atoms with E-state index >= 15 is 0 Å². The molecule has 0 radical (unpaired) electrons. The van der Waals surface area contributed by atoms with Crippen LogP contribution in [-0.2, 0) is 14.2 Å². The standard InChI is InChI=1S/C20H32F2N2O5/c1-9-12-10-13(12)19(8)20(21,22)11-27-14(23-19)24(15(25)28-17(2,3)4)16(26)29-18(5,6)7/h12-13H,9-11H2,1-8H3/t12-,13-,19-/m1/s1. The smallest absolute Gasteiger partial charge is 0.428 e. The highest BCUT2D eigenvalue weighted by Crippen LogP contribution is 2.56. The number of alkyl halides is 2. The Kier molecular flexibility index (Phi) is 5.95. The number of hydrogen-bond donors (Lipinski definition) is 0. The van der Waals surface area contributed by atoms with Crippen molar-refractivity contribution in [1.29, 1.82) is 0 Å². The van der Waals surface area contributed by atoms with Crippen LogP contribution in [0.1, 0.15) is 68.2 Å². The molecule has 3 atom stereocenters. The molecule has 9 heteroatoms. The van der Waals surface area contributed by atoms with Crippen molar-refractivity contribution in [2.45, 2.75) is 90.9 Å². The molecular weight excluding hydrogens is 386 g/mol. The number of carbonyl (C=O) groups is 2. The zero-order valence-electron chi connectivity index (χ0n) is 18.5. The Morgan fingerprint density at radius 2 is 1.62 bits per heavy atom. The molecule has 1 heterocycles. The van der Waals surface area contributed by atoms with E-state index in [4.69, 9.17) is 14.2 Å². The van der Waals surface area contributed by atoms with E-state index in [0.29, 0.717) is 11.3 Å². The van der Waals surface area contributed by atoms with Gasteiger partial charge >= 0.3 is 24.1 Å². The van der Waals surface area contributed by atoms with Crippen LogP contribution in [0.15, 0.2) is 4.99 Å². The lowest BCUT2D eigenvalue weighted by Crippen LogP contribution is -2.58. The van der Waals surface area contributed by atoms with Crippen molar-refractivity contribution in [3.63, 3.8) is 0 Å². The summed E-state index contributed by atoms with van der Waals surface area (Å²) in [7, 11) is 0. The molecule has 2 amide bonds. The molecule has 29 heavy (non-hydrogen) atoms. The number of rotatable bonds is 2. The topological polar surface area (TPSA) is 77.4 Å². The van der Waals surface area contributed by atoms with E-state index in [1.54, 1.807) is 41.5 Å². The van der Waals surface area contributed by atoms with Crippen LogP contribution in [0, 0.1) is 11.8 Å². The van der Waals surface area contributed by atoms with E-state index < -0.39 is 47.5 Å². The van der Waals surface area contributed by atoms with E-state index in [1.165, 1.54) is 6.92 Å². The fourth-order valence-corrected chi connectivity index (χ4v) is 3.32. The maximum atomic E-state index is 14.8. The van der Waals surface area contributed by atoms with Gasteiger partial charge in [-0.2, -0.15) is 0 Å². The fourth-order valence-electron chi connectivity index (χ4n) is 3.32. The first-order valence-corrected chi connectivity index (χ1v) is 9.87. The van der Waals surface area contributed by atoms with Crippen LogP contribution in [0.3, 0.4) is 0 Å². The predicted octanol–water partition coefficient (Wildman–Crippen LogP) is 4.98. The highest BCUT2D eigenvalue weighted by Gasteiger charge is 2.65. The van der Waals surface area contributed by atoms with Crippen LogP contribution >= 0.6 is 0 Å². The minimum atomic E-state index is -3.24. The van der Waals surface area contributed by atoms with Gasteiger partial charge in [0.2, 0.25) is 0 Å². The predicted molar refractivity (Wildman–Crippen MR) is 103 cm³/mol. The lowest BCUT2D eigenvalue weighted by molar-refractivity contribution is -0.125. The van der Waals surface area contributed by atoms with E-state index in [-0.39, 0.29) is 11.8 Å². The van der Waals surface area contributed by atoms with Gasteiger partial charge in [0.1, 0.15) is 16.7 Å². The highest BCUT2D eigenvalue weighted by molar-refractivity contribution is 6.06. The van der Waals surface area contributed by atoms with Crippen molar-refractivity contribution >= 4 is 18.2 Å². The maximum absolute atomic E-state index is 14.8. The third-order valence-electron chi connectivity index (χ3n) is 4.96. The first-order chi connectivity index (χ1) is 13.0. The SMILES string of the molecule is CC[C@@H]1C[C@H]1[C@@]1(C)N=C(N(C(=O)OC(C)(C)C)C(=O)OC(C)(C)C)OCC1(F)F.